The van der Waals surface area contributed by atoms with Gasteiger partial charge in [-0.2, -0.15) is 0 Å². The predicted octanol–water partition coefficient (Wildman–Crippen LogP) is 3.72. The molecule has 2 aromatic carbocycles. The van der Waals surface area contributed by atoms with Crippen LogP contribution in [0.3, 0.4) is 0 Å². The Morgan fingerprint density at radius 2 is 1.73 bits per heavy atom. The summed E-state index contributed by atoms with van der Waals surface area (Å²) in [6, 6.07) is 12.1. The van der Waals surface area contributed by atoms with Gasteiger partial charge in [0.1, 0.15) is 5.75 Å². The first kappa shape index (κ1) is 21.5. The molecule has 1 heterocycles. The minimum Gasteiger partial charge on any atom is -0.497 e. The number of aromatic nitrogens is 1. The molecule has 0 atom stereocenters. The summed E-state index contributed by atoms with van der Waals surface area (Å²) in [5.41, 5.74) is 0.758. The van der Waals surface area contributed by atoms with Gasteiger partial charge in [-0.05, 0) is 43.3 Å². The lowest BCUT2D eigenvalue weighted by atomic mass is 10.2. The first-order valence-corrected chi connectivity index (χ1v) is 11.1. The first-order valence-electron chi connectivity index (χ1n) is 8.77. The third kappa shape index (κ3) is 4.66. The minimum atomic E-state index is -3.92. The van der Waals surface area contributed by atoms with Crippen molar-refractivity contribution in [2.75, 3.05) is 17.1 Å². The zero-order valence-electron chi connectivity index (χ0n) is 16.4. The molecule has 0 aliphatic heterocycles. The zero-order valence-corrected chi connectivity index (χ0v) is 18.1. The summed E-state index contributed by atoms with van der Waals surface area (Å²) < 4.78 is 32.9. The van der Waals surface area contributed by atoms with Crippen LogP contribution in [0.4, 0.5) is 10.8 Å². The van der Waals surface area contributed by atoms with Crippen molar-refractivity contribution in [3.05, 3.63) is 64.7 Å². The molecule has 2 N–H and O–H groups in total. The number of ketones is 1. The summed E-state index contributed by atoms with van der Waals surface area (Å²) in [7, 11) is -2.44. The highest BCUT2D eigenvalue weighted by Gasteiger charge is 2.20. The molecule has 0 unspecified atom stereocenters. The maximum Gasteiger partial charge on any atom is 0.261 e. The summed E-state index contributed by atoms with van der Waals surface area (Å²) >= 11 is 1.07. The third-order valence-electron chi connectivity index (χ3n) is 4.12. The Labute approximate surface area is 178 Å². The van der Waals surface area contributed by atoms with E-state index >= 15 is 0 Å². The third-order valence-corrected chi connectivity index (χ3v) is 6.68. The number of Topliss-reactive ketones (excluding diaryl/α,β-unsaturated/α-hetero) is 1. The van der Waals surface area contributed by atoms with Gasteiger partial charge >= 0.3 is 0 Å². The van der Waals surface area contributed by atoms with Crippen LogP contribution in [0.1, 0.15) is 32.6 Å². The van der Waals surface area contributed by atoms with Crippen molar-refractivity contribution in [1.29, 1.82) is 0 Å². The number of sulfonamides is 1. The fourth-order valence-electron chi connectivity index (χ4n) is 2.67. The highest BCUT2D eigenvalue weighted by atomic mass is 32.2. The lowest BCUT2D eigenvalue weighted by Gasteiger charge is -2.12. The topological polar surface area (TPSA) is 114 Å². The van der Waals surface area contributed by atoms with Crippen LogP contribution >= 0.6 is 11.3 Å². The predicted molar refractivity (Wildman–Crippen MR) is 115 cm³/mol. The maximum absolute atomic E-state index is 12.8. The first-order chi connectivity index (χ1) is 14.2. The molecule has 10 heteroatoms. The van der Waals surface area contributed by atoms with Crippen LogP contribution in [0.2, 0.25) is 0 Å². The van der Waals surface area contributed by atoms with E-state index in [-0.39, 0.29) is 27.1 Å². The smallest absolute Gasteiger partial charge is 0.261 e. The Kier molecular flexibility index (Phi) is 6.18. The normalized spacial score (nSPS) is 11.0. The molecule has 0 fully saturated rings. The van der Waals surface area contributed by atoms with E-state index in [1.165, 1.54) is 50.4 Å². The van der Waals surface area contributed by atoms with E-state index in [4.69, 9.17) is 4.74 Å². The molecule has 0 saturated heterocycles. The van der Waals surface area contributed by atoms with Gasteiger partial charge in [-0.15, -0.1) is 0 Å². The monoisotopic (exact) mass is 445 g/mol. The summed E-state index contributed by atoms with van der Waals surface area (Å²) in [6.07, 6.45) is 0. The molecule has 1 aromatic heterocycles. The number of hydrogen-bond acceptors (Lipinski definition) is 7. The highest BCUT2D eigenvalue weighted by molar-refractivity contribution is 7.92. The van der Waals surface area contributed by atoms with Crippen LogP contribution in [0.15, 0.2) is 53.4 Å². The molecule has 0 bridgehead atoms. The number of carbonyl (C=O) groups is 2. The summed E-state index contributed by atoms with van der Waals surface area (Å²) in [5.74, 6) is -0.164. The highest BCUT2D eigenvalue weighted by Crippen LogP contribution is 2.26. The van der Waals surface area contributed by atoms with Crippen LogP contribution in [-0.4, -0.2) is 32.2 Å². The summed E-state index contributed by atoms with van der Waals surface area (Å²) in [6.45, 7) is 3.11. The molecule has 1 amide bonds. The number of carbonyl (C=O) groups excluding carboxylic acids is 2. The number of amides is 1. The van der Waals surface area contributed by atoms with Crippen molar-refractivity contribution in [3.63, 3.8) is 0 Å². The molecule has 0 saturated carbocycles. The molecule has 0 radical (unpaired) electrons. The maximum atomic E-state index is 12.8. The van der Waals surface area contributed by atoms with Crippen molar-refractivity contribution in [1.82, 2.24) is 4.98 Å². The number of thiazole rings is 1. The van der Waals surface area contributed by atoms with Crippen LogP contribution in [-0.2, 0) is 10.0 Å². The van der Waals surface area contributed by atoms with E-state index in [2.05, 4.69) is 15.0 Å². The summed E-state index contributed by atoms with van der Waals surface area (Å²) in [5, 5.41) is 2.88. The van der Waals surface area contributed by atoms with Crippen molar-refractivity contribution in [2.45, 2.75) is 18.7 Å². The molecule has 0 aliphatic carbocycles. The molecular weight excluding hydrogens is 426 g/mol. The number of nitrogens with one attached hydrogen (secondary N) is 2. The van der Waals surface area contributed by atoms with Crippen LogP contribution in [0.25, 0.3) is 0 Å². The Morgan fingerprint density at radius 3 is 2.33 bits per heavy atom. The van der Waals surface area contributed by atoms with Gasteiger partial charge in [-0.25, -0.2) is 13.4 Å². The average molecular weight is 446 g/mol. The Morgan fingerprint density at radius 1 is 1.07 bits per heavy atom. The lowest BCUT2D eigenvalue weighted by molar-refractivity contribution is 0.101. The van der Waals surface area contributed by atoms with Crippen molar-refractivity contribution >= 4 is 43.9 Å². The fourth-order valence-corrected chi connectivity index (χ4v) is 4.61. The van der Waals surface area contributed by atoms with Gasteiger partial charge in [-0.3, -0.25) is 19.6 Å². The van der Waals surface area contributed by atoms with Gasteiger partial charge in [-0.1, -0.05) is 23.5 Å². The van der Waals surface area contributed by atoms with E-state index in [0.29, 0.717) is 16.3 Å². The van der Waals surface area contributed by atoms with E-state index in [1.807, 2.05) is 0 Å². The zero-order chi connectivity index (χ0) is 21.9. The number of ether oxygens (including phenoxy) is 1. The molecule has 8 nitrogen and oxygen atoms in total. The second kappa shape index (κ2) is 8.64. The van der Waals surface area contributed by atoms with Gasteiger partial charge in [0.2, 0.25) is 0 Å². The molecular formula is C20H19N3O5S2. The minimum absolute atomic E-state index is 0.0279. The van der Waals surface area contributed by atoms with Crippen molar-refractivity contribution < 1.29 is 22.7 Å². The van der Waals surface area contributed by atoms with Gasteiger partial charge in [0, 0.05) is 6.92 Å². The Bertz CT molecular complexity index is 1200. The number of methoxy groups -OCH3 is 1. The number of aryl methyl sites for hydroxylation is 1. The van der Waals surface area contributed by atoms with E-state index in [0.717, 1.165) is 11.3 Å². The van der Waals surface area contributed by atoms with E-state index < -0.39 is 15.9 Å². The number of anilines is 2. The van der Waals surface area contributed by atoms with Crippen LogP contribution in [0, 0.1) is 6.92 Å². The Balaban J connectivity index is 1.85. The number of hydrogen-bond donors (Lipinski definition) is 2. The fraction of sp³-hybridized carbons (Fsp3) is 0.150. The molecule has 0 aliphatic rings. The molecule has 30 heavy (non-hydrogen) atoms. The SMILES string of the molecule is COc1ccc(S(=O)(=O)Nc2ccccc2C(=O)Nc2nc(C)c(C(C)=O)s2)cc1. The molecule has 3 aromatic rings. The average Bonchev–Trinajstić information content (AvgIpc) is 3.08. The van der Waals surface area contributed by atoms with Gasteiger partial charge in [0.25, 0.3) is 15.9 Å². The standard InChI is InChI=1S/C20H19N3O5S2/c1-12-18(13(2)24)29-20(21-12)22-19(25)16-6-4-5-7-17(16)23-30(26,27)15-10-8-14(28-3)9-11-15/h4-11,23H,1-3H3,(H,21,22,25). The Hall–Kier alpha value is -3.24. The molecule has 156 valence electrons. The van der Waals surface area contributed by atoms with Gasteiger partial charge in [0.05, 0.1) is 33.8 Å². The lowest BCUT2D eigenvalue weighted by Crippen LogP contribution is -2.18. The van der Waals surface area contributed by atoms with Gasteiger partial charge < -0.3 is 4.74 Å². The largest absolute Gasteiger partial charge is 0.497 e. The number of nitrogens with zero attached hydrogens (tertiary/aromatic N) is 1. The molecule has 3 rings (SSSR count). The summed E-state index contributed by atoms with van der Waals surface area (Å²) in [4.78, 5) is 29.0. The second-order valence-corrected chi connectivity index (χ2v) is 8.95. The van der Waals surface area contributed by atoms with Crippen LogP contribution in [0.5, 0.6) is 5.75 Å². The van der Waals surface area contributed by atoms with Crippen molar-refractivity contribution in [3.8, 4) is 5.75 Å². The van der Waals surface area contributed by atoms with Crippen LogP contribution < -0.4 is 14.8 Å². The number of para-hydroxylation sites is 1. The van der Waals surface area contributed by atoms with Gasteiger partial charge in [0.15, 0.2) is 10.9 Å². The van der Waals surface area contributed by atoms with E-state index in [9.17, 15) is 18.0 Å². The quantitative estimate of drug-likeness (QED) is 0.536. The van der Waals surface area contributed by atoms with E-state index in [1.54, 1.807) is 19.1 Å². The number of rotatable bonds is 7. The number of benzene rings is 2. The van der Waals surface area contributed by atoms with Crippen molar-refractivity contribution in [2.24, 2.45) is 0 Å². The second-order valence-electron chi connectivity index (χ2n) is 6.27. The molecule has 0 spiro atoms.